The summed E-state index contributed by atoms with van der Waals surface area (Å²) in [7, 11) is 1.85. The lowest BCUT2D eigenvalue weighted by Gasteiger charge is -2.06. The van der Waals surface area contributed by atoms with E-state index in [-0.39, 0.29) is 0 Å². The number of aryl methyl sites for hydroxylation is 3. The van der Waals surface area contributed by atoms with Gasteiger partial charge in [-0.3, -0.25) is 4.68 Å². The van der Waals surface area contributed by atoms with Crippen molar-refractivity contribution >= 4 is 11.6 Å². The second-order valence-electron chi connectivity index (χ2n) is 3.37. The van der Waals surface area contributed by atoms with Crippen molar-refractivity contribution in [1.82, 2.24) is 19.7 Å². The average Bonchev–Trinajstić information content (AvgIpc) is 2.58. The first-order valence-corrected chi connectivity index (χ1v) is 4.96. The van der Waals surface area contributed by atoms with E-state index in [1.165, 1.54) is 0 Å². The number of rotatable bonds is 1. The van der Waals surface area contributed by atoms with Gasteiger partial charge in [0.2, 0.25) is 0 Å². The van der Waals surface area contributed by atoms with Crippen LogP contribution in [0.4, 0.5) is 0 Å². The first kappa shape index (κ1) is 10.1. The summed E-state index contributed by atoms with van der Waals surface area (Å²) in [6.45, 7) is 3.81. The third-order valence-electron chi connectivity index (χ3n) is 2.33. The molecule has 0 aromatic carbocycles. The van der Waals surface area contributed by atoms with E-state index in [1.807, 2.05) is 27.0 Å². The lowest BCUT2D eigenvalue weighted by molar-refractivity contribution is 0.772. The molecule has 0 aliphatic carbocycles. The van der Waals surface area contributed by atoms with Crippen molar-refractivity contribution in [3.05, 3.63) is 28.8 Å². The Morgan fingerprint density at radius 2 is 1.87 bits per heavy atom. The molecule has 0 unspecified atom stereocenters. The largest absolute Gasteiger partial charge is 0.266 e. The van der Waals surface area contributed by atoms with Gasteiger partial charge in [0.05, 0.1) is 17.1 Å². The topological polar surface area (TPSA) is 43.6 Å². The molecule has 0 saturated carbocycles. The molecule has 0 spiro atoms. The fourth-order valence-corrected chi connectivity index (χ4v) is 1.61. The molecular weight excluding hydrogens is 212 g/mol. The van der Waals surface area contributed by atoms with Gasteiger partial charge >= 0.3 is 0 Å². The van der Waals surface area contributed by atoms with Gasteiger partial charge in [-0.15, -0.1) is 0 Å². The molecule has 2 aromatic rings. The SMILES string of the molecule is Cc1nc(Cl)c(-c2ccnn2C)nc1C. The van der Waals surface area contributed by atoms with Gasteiger partial charge in [-0.05, 0) is 19.9 Å². The molecule has 0 amide bonds. The highest BCUT2D eigenvalue weighted by atomic mass is 35.5. The molecule has 0 bridgehead atoms. The highest BCUT2D eigenvalue weighted by Crippen LogP contribution is 2.24. The molecule has 78 valence electrons. The molecule has 0 fully saturated rings. The minimum atomic E-state index is 0.418. The van der Waals surface area contributed by atoms with Crippen LogP contribution < -0.4 is 0 Å². The number of halogens is 1. The van der Waals surface area contributed by atoms with Crippen LogP contribution in [0.2, 0.25) is 5.15 Å². The minimum absolute atomic E-state index is 0.418. The lowest BCUT2D eigenvalue weighted by atomic mass is 10.3. The standard InChI is InChI=1S/C10H11ClN4/c1-6-7(2)14-10(11)9(13-6)8-4-5-12-15(8)3/h4-5H,1-3H3. The molecule has 15 heavy (non-hydrogen) atoms. The van der Waals surface area contributed by atoms with E-state index in [0.717, 1.165) is 17.1 Å². The molecule has 0 aliphatic rings. The van der Waals surface area contributed by atoms with E-state index >= 15 is 0 Å². The zero-order chi connectivity index (χ0) is 11.0. The Morgan fingerprint density at radius 1 is 1.20 bits per heavy atom. The van der Waals surface area contributed by atoms with Crippen molar-refractivity contribution in [2.75, 3.05) is 0 Å². The van der Waals surface area contributed by atoms with Gasteiger partial charge < -0.3 is 0 Å². The summed E-state index contributed by atoms with van der Waals surface area (Å²) < 4.78 is 1.73. The Morgan fingerprint density at radius 3 is 2.47 bits per heavy atom. The summed E-state index contributed by atoms with van der Waals surface area (Å²) in [5.41, 5.74) is 3.29. The van der Waals surface area contributed by atoms with Crippen molar-refractivity contribution in [3.63, 3.8) is 0 Å². The van der Waals surface area contributed by atoms with Crippen LogP contribution >= 0.6 is 11.6 Å². The van der Waals surface area contributed by atoms with Crippen LogP contribution in [0, 0.1) is 13.8 Å². The fourth-order valence-electron chi connectivity index (χ4n) is 1.34. The number of aromatic nitrogens is 4. The molecule has 0 saturated heterocycles. The fraction of sp³-hybridized carbons (Fsp3) is 0.300. The molecule has 2 rings (SSSR count). The van der Waals surface area contributed by atoms with Gasteiger partial charge in [0.15, 0.2) is 5.15 Å². The number of hydrogen-bond donors (Lipinski definition) is 0. The van der Waals surface area contributed by atoms with Crippen LogP contribution in [0.15, 0.2) is 12.3 Å². The molecular formula is C10H11ClN4. The van der Waals surface area contributed by atoms with Crippen LogP contribution in [0.25, 0.3) is 11.4 Å². The predicted octanol–water partition coefficient (Wildman–Crippen LogP) is 2.15. The quantitative estimate of drug-likeness (QED) is 0.743. The zero-order valence-electron chi connectivity index (χ0n) is 8.82. The molecule has 0 N–H and O–H groups in total. The second kappa shape index (κ2) is 3.62. The molecule has 2 aromatic heterocycles. The molecule has 0 aliphatic heterocycles. The van der Waals surface area contributed by atoms with Crippen LogP contribution in [0.5, 0.6) is 0 Å². The van der Waals surface area contributed by atoms with Gasteiger partial charge in [0.1, 0.15) is 5.69 Å². The van der Waals surface area contributed by atoms with Crippen molar-refractivity contribution in [2.24, 2.45) is 7.05 Å². The maximum absolute atomic E-state index is 6.05. The summed E-state index contributed by atoms with van der Waals surface area (Å²) in [6.07, 6.45) is 1.71. The maximum Gasteiger partial charge on any atom is 0.157 e. The predicted molar refractivity (Wildman–Crippen MR) is 58.7 cm³/mol. The normalized spacial score (nSPS) is 10.7. The van der Waals surface area contributed by atoms with Gasteiger partial charge in [-0.1, -0.05) is 11.6 Å². The third kappa shape index (κ3) is 1.72. The molecule has 4 nitrogen and oxygen atoms in total. The first-order valence-electron chi connectivity index (χ1n) is 4.58. The van der Waals surface area contributed by atoms with Crippen LogP contribution in [-0.4, -0.2) is 19.7 Å². The Labute approximate surface area is 92.9 Å². The smallest absolute Gasteiger partial charge is 0.157 e. The van der Waals surface area contributed by atoms with E-state index in [0.29, 0.717) is 10.8 Å². The van der Waals surface area contributed by atoms with Crippen molar-refractivity contribution in [3.8, 4) is 11.4 Å². The molecule has 0 radical (unpaired) electrons. The molecule has 5 heteroatoms. The van der Waals surface area contributed by atoms with E-state index in [1.54, 1.807) is 10.9 Å². The zero-order valence-corrected chi connectivity index (χ0v) is 9.58. The van der Waals surface area contributed by atoms with E-state index in [4.69, 9.17) is 11.6 Å². The Kier molecular flexibility index (Phi) is 2.44. The average molecular weight is 223 g/mol. The number of hydrogen-bond acceptors (Lipinski definition) is 3. The van der Waals surface area contributed by atoms with E-state index in [2.05, 4.69) is 15.1 Å². The van der Waals surface area contributed by atoms with Gasteiger partial charge in [0.25, 0.3) is 0 Å². The third-order valence-corrected chi connectivity index (χ3v) is 2.59. The van der Waals surface area contributed by atoms with Crippen LogP contribution in [0.1, 0.15) is 11.4 Å². The van der Waals surface area contributed by atoms with Crippen molar-refractivity contribution in [2.45, 2.75) is 13.8 Å². The number of nitrogens with zero attached hydrogens (tertiary/aromatic N) is 4. The van der Waals surface area contributed by atoms with Crippen LogP contribution in [0.3, 0.4) is 0 Å². The van der Waals surface area contributed by atoms with Crippen molar-refractivity contribution < 1.29 is 0 Å². The summed E-state index contributed by atoms with van der Waals surface area (Å²) in [5, 5.41) is 4.49. The maximum atomic E-state index is 6.05. The van der Waals surface area contributed by atoms with Gasteiger partial charge in [-0.25, -0.2) is 9.97 Å². The highest BCUT2D eigenvalue weighted by molar-refractivity contribution is 6.31. The van der Waals surface area contributed by atoms with Gasteiger partial charge in [-0.2, -0.15) is 5.10 Å². The van der Waals surface area contributed by atoms with Gasteiger partial charge in [0, 0.05) is 13.2 Å². The first-order chi connectivity index (χ1) is 7.09. The summed E-state index contributed by atoms with van der Waals surface area (Å²) in [4.78, 5) is 8.65. The molecule has 0 atom stereocenters. The summed E-state index contributed by atoms with van der Waals surface area (Å²) in [5.74, 6) is 0. The Hall–Kier alpha value is -1.42. The molecule has 2 heterocycles. The lowest BCUT2D eigenvalue weighted by Crippen LogP contribution is -2.00. The highest BCUT2D eigenvalue weighted by Gasteiger charge is 2.11. The van der Waals surface area contributed by atoms with E-state index < -0.39 is 0 Å². The Bertz CT molecular complexity index is 504. The van der Waals surface area contributed by atoms with Crippen LogP contribution in [-0.2, 0) is 7.05 Å². The Balaban J connectivity index is 2.64. The second-order valence-corrected chi connectivity index (χ2v) is 3.73. The van der Waals surface area contributed by atoms with Crippen molar-refractivity contribution in [1.29, 1.82) is 0 Å². The monoisotopic (exact) mass is 222 g/mol. The summed E-state index contributed by atoms with van der Waals surface area (Å²) >= 11 is 6.05. The summed E-state index contributed by atoms with van der Waals surface area (Å²) in [6, 6.07) is 1.87. The minimum Gasteiger partial charge on any atom is -0.266 e. The van der Waals surface area contributed by atoms with E-state index in [9.17, 15) is 0 Å².